The molecular weight excluding hydrogens is 408 g/mol. The number of carbonyl (C=O) groups excluding carboxylic acids is 1. The van der Waals surface area contributed by atoms with Crippen molar-refractivity contribution >= 4 is 23.2 Å². The molecule has 2 aliphatic heterocycles. The summed E-state index contributed by atoms with van der Waals surface area (Å²) in [4.78, 5) is 23.1. The van der Waals surface area contributed by atoms with Crippen LogP contribution in [0, 0.1) is 11.3 Å². The van der Waals surface area contributed by atoms with Gasteiger partial charge >= 0.3 is 0 Å². The third kappa shape index (κ3) is 3.06. The molecule has 0 aliphatic carbocycles. The lowest BCUT2D eigenvalue weighted by molar-refractivity contribution is 0.0744. The molecule has 10 heteroatoms. The number of nitrogens with zero attached hydrogens (tertiary/aromatic N) is 6. The first kappa shape index (κ1) is 20.0. The summed E-state index contributed by atoms with van der Waals surface area (Å²) in [5.74, 6) is 0.210. The van der Waals surface area contributed by atoms with Gasteiger partial charge < -0.3 is 20.6 Å². The van der Waals surface area contributed by atoms with Crippen molar-refractivity contribution < 1.29 is 9.90 Å². The Kier molecular flexibility index (Phi) is 4.56. The number of nitrogens with one attached hydrogen (secondary N) is 2. The summed E-state index contributed by atoms with van der Waals surface area (Å²) in [7, 11) is 1.76. The lowest BCUT2D eigenvalue weighted by atomic mass is 9.83. The van der Waals surface area contributed by atoms with Gasteiger partial charge in [0, 0.05) is 37.3 Å². The first-order valence-electron chi connectivity index (χ1n) is 10.3. The Labute approximate surface area is 184 Å². The maximum absolute atomic E-state index is 12.6. The van der Waals surface area contributed by atoms with Gasteiger partial charge in [-0.25, -0.2) is 9.97 Å². The van der Waals surface area contributed by atoms with Crippen LogP contribution in [-0.2, 0) is 12.0 Å². The van der Waals surface area contributed by atoms with E-state index in [0.717, 1.165) is 16.8 Å². The number of benzene rings is 1. The van der Waals surface area contributed by atoms with Crippen LogP contribution in [0.2, 0.25) is 0 Å². The van der Waals surface area contributed by atoms with E-state index in [4.69, 9.17) is 0 Å². The average molecular weight is 430 g/mol. The Bertz CT molecular complexity index is 1280. The van der Waals surface area contributed by atoms with Gasteiger partial charge in [0.15, 0.2) is 0 Å². The number of aliphatic hydroxyl groups excluding tert-OH is 1. The normalized spacial score (nSPS) is 19.2. The standard InChI is InChI=1S/C22H22N8O2/c1-22(12-31)11-25-18-14(9-23)7-13(8-15(18)22)16-3-4-24-21(27-16)28-17-10-26-30-6-5-29(2)20(32)19(17)30/h3-4,7-8,10,25,31H,5-6,11-12H2,1-2H3,(H,24,27,28)/t22-/m1/s1. The van der Waals surface area contributed by atoms with Gasteiger partial charge in [-0.3, -0.25) is 9.48 Å². The summed E-state index contributed by atoms with van der Waals surface area (Å²) in [6.07, 6.45) is 3.22. The lowest BCUT2D eigenvalue weighted by Crippen LogP contribution is -2.37. The number of aromatic nitrogens is 4. The number of anilines is 3. The zero-order valence-electron chi connectivity index (χ0n) is 17.8. The lowest BCUT2D eigenvalue weighted by Gasteiger charge is -2.24. The van der Waals surface area contributed by atoms with Crippen LogP contribution in [0.4, 0.5) is 17.3 Å². The van der Waals surface area contributed by atoms with Crippen LogP contribution < -0.4 is 10.6 Å². The van der Waals surface area contributed by atoms with E-state index in [-0.39, 0.29) is 12.5 Å². The van der Waals surface area contributed by atoms with Crippen LogP contribution >= 0.6 is 0 Å². The number of amides is 1. The second kappa shape index (κ2) is 7.32. The van der Waals surface area contributed by atoms with Crippen molar-refractivity contribution in [1.29, 1.82) is 5.26 Å². The van der Waals surface area contributed by atoms with E-state index in [9.17, 15) is 15.2 Å². The van der Waals surface area contributed by atoms with E-state index >= 15 is 0 Å². The van der Waals surface area contributed by atoms with Gasteiger partial charge in [-0.2, -0.15) is 10.4 Å². The highest BCUT2D eigenvalue weighted by molar-refractivity contribution is 5.98. The number of fused-ring (bicyclic) bond motifs is 2. The monoisotopic (exact) mass is 430 g/mol. The van der Waals surface area contributed by atoms with Gasteiger partial charge in [0.25, 0.3) is 5.91 Å². The molecule has 0 bridgehead atoms. The van der Waals surface area contributed by atoms with Crippen molar-refractivity contribution in [3.05, 3.63) is 47.4 Å². The van der Waals surface area contributed by atoms with E-state index < -0.39 is 5.41 Å². The Morgan fingerprint density at radius 2 is 2.22 bits per heavy atom. The average Bonchev–Trinajstić information content (AvgIpc) is 3.38. The first-order chi connectivity index (χ1) is 15.4. The third-order valence-corrected chi connectivity index (χ3v) is 6.15. The van der Waals surface area contributed by atoms with Crippen molar-refractivity contribution in [1.82, 2.24) is 24.6 Å². The SMILES string of the molecule is CN1CCn2ncc(Nc3nccc(-c4cc(C#N)c5c(c4)[C@@](C)(CO)CN5)n3)c2C1=O. The van der Waals surface area contributed by atoms with Gasteiger partial charge in [0.2, 0.25) is 5.95 Å². The zero-order valence-corrected chi connectivity index (χ0v) is 17.8. The summed E-state index contributed by atoms with van der Waals surface area (Å²) < 4.78 is 1.68. The van der Waals surface area contributed by atoms with Gasteiger partial charge in [-0.1, -0.05) is 6.92 Å². The Morgan fingerprint density at radius 1 is 1.38 bits per heavy atom. The Morgan fingerprint density at radius 3 is 3.00 bits per heavy atom. The molecule has 0 unspecified atom stereocenters. The minimum Gasteiger partial charge on any atom is -0.395 e. The highest BCUT2D eigenvalue weighted by Crippen LogP contribution is 2.41. The summed E-state index contributed by atoms with van der Waals surface area (Å²) in [6.45, 7) is 3.72. The molecule has 4 heterocycles. The quantitative estimate of drug-likeness (QED) is 0.570. The minimum absolute atomic E-state index is 0.0346. The molecule has 1 atom stereocenters. The molecule has 0 fully saturated rings. The van der Waals surface area contributed by atoms with Crippen molar-refractivity contribution in [2.75, 3.05) is 37.4 Å². The maximum atomic E-state index is 12.6. The van der Waals surface area contributed by atoms with Crippen LogP contribution in [-0.4, -0.2) is 62.4 Å². The fourth-order valence-electron chi connectivity index (χ4n) is 4.16. The largest absolute Gasteiger partial charge is 0.395 e. The number of aliphatic hydroxyl groups is 1. The molecule has 2 aliphatic rings. The maximum Gasteiger partial charge on any atom is 0.274 e. The van der Waals surface area contributed by atoms with Crippen molar-refractivity contribution in [2.24, 2.45) is 0 Å². The zero-order chi connectivity index (χ0) is 22.5. The summed E-state index contributed by atoms with van der Waals surface area (Å²) in [5.41, 5.74) is 4.07. The summed E-state index contributed by atoms with van der Waals surface area (Å²) in [5, 5.41) is 30.2. The second-order valence-electron chi connectivity index (χ2n) is 8.38. The van der Waals surface area contributed by atoms with Crippen LogP contribution in [0.25, 0.3) is 11.3 Å². The van der Waals surface area contributed by atoms with E-state index in [1.807, 2.05) is 13.0 Å². The molecule has 5 rings (SSSR count). The van der Waals surface area contributed by atoms with Gasteiger partial charge in [0.1, 0.15) is 11.8 Å². The van der Waals surface area contributed by atoms with E-state index in [2.05, 4.69) is 31.8 Å². The van der Waals surface area contributed by atoms with Crippen LogP contribution in [0.3, 0.4) is 0 Å². The van der Waals surface area contributed by atoms with Crippen molar-refractivity contribution in [3.63, 3.8) is 0 Å². The van der Waals surface area contributed by atoms with Gasteiger partial charge in [0.05, 0.1) is 42.0 Å². The first-order valence-corrected chi connectivity index (χ1v) is 10.3. The van der Waals surface area contributed by atoms with Gasteiger partial charge in [-0.05, 0) is 23.8 Å². The molecule has 2 aromatic heterocycles. The second-order valence-corrected chi connectivity index (χ2v) is 8.38. The van der Waals surface area contributed by atoms with Gasteiger partial charge in [-0.15, -0.1) is 0 Å². The number of hydrogen-bond acceptors (Lipinski definition) is 8. The summed E-state index contributed by atoms with van der Waals surface area (Å²) >= 11 is 0. The summed E-state index contributed by atoms with van der Waals surface area (Å²) in [6, 6.07) is 7.74. The molecule has 162 valence electrons. The molecule has 1 aromatic carbocycles. The molecule has 32 heavy (non-hydrogen) atoms. The van der Waals surface area contributed by atoms with Crippen molar-refractivity contribution in [3.8, 4) is 17.3 Å². The number of hydrogen-bond donors (Lipinski definition) is 3. The molecule has 0 saturated heterocycles. The topological polar surface area (TPSA) is 132 Å². The molecule has 1 amide bonds. The van der Waals surface area contributed by atoms with Crippen LogP contribution in [0.1, 0.15) is 28.5 Å². The van der Waals surface area contributed by atoms with E-state index in [1.54, 1.807) is 41.2 Å². The van der Waals surface area contributed by atoms with E-state index in [0.29, 0.717) is 48.2 Å². The van der Waals surface area contributed by atoms with Crippen molar-refractivity contribution in [2.45, 2.75) is 18.9 Å². The number of likely N-dealkylation sites (N-methyl/N-ethyl adjacent to an activating group) is 1. The molecule has 3 aromatic rings. The van der Waals surface area contributed by atoms with Crippen LogP contribution in [0.5, 0.6) is 0 Å². The third-order valence-electron chi connectivity index (χ3n) is 6.15. The number of carbonyl (C=O) groups is 1. The molecule has 0 spiro atoms. The molecule has 0 radical (unpaired) electrons. The molecule has 0 saturated carbocycles. The predicted molar refractivity (Wildman–Crippen MR) is 118 cm³/mol. The fourth-order valence-corrected chi connectivity index (χ4v) is 4.16. The highest BCUT2D eigenvalue weighted by Gasteiger charge is 2.36. The molecule has 10 nitrogen and oxygen atoms in total. The Balaban J connectivity index is 1.52. The fraction of sp³-hybridized carbons (Fsp3) is 0.318. The Hall–Kier alpha value is -3.97. The predicted octanol–water partition coefficient (Wildman–Crippen LogP) is 1.72. The molecular formula is C22H22N8O2. The minimum atomic E-state index is -0.477. The molecule has 3 N–H and O–H groups in total. The van der Waals surface area contributed by atoms with Crippen LogP contribution in [0.15, 0.2) is 30.6 Å². The number of nitriles is 1. The van der Waals surface area contributed by atoms with E-state index in [1.165, 1.54) is 0 Å². The number of rotatable bonds is 4. The smallest absolute Gasteiger partial charge is 0.274 e. The highest BCUT2D eigenvalue weighted by atomic mass is 16.3.